The molecule has 7 nitrogen and oxygen atoms in total. The molecule has 0 spiro atoms. The van der Waals surface area contributed by atoms with Gasteiger partial charge in [0.25, 0.3) is 0 Å². The van der Waals surface area contributed by atoms with E-state index in [1.54, 1.807) is 11.9 Å². The standard InChI is InChI=1S/C17H26N4O3S.HI/c1-13(9-11-25(3,23)24)20-17(18-2)19-12-16(22)21-10-8-14-6-4-5-7-15(14)21;/h4-7,13H,8-12H2,1-3H3,(H2,18,19,20);1H. The molecule has 1 aliphatic heterocycles. The van der Waals surface area contributed by atoms with Crippen molar-refractivity contribution in [3.8, 4) is 0 Å². The number of amides is 1. The first kappa shape index (κ1) is 22.7. The van der Waals surface area contributed by atoms with Gasteiger partial charge in [-0.2, -0.15) is 0 Å². The number of anilines is 1. The van der Waals surface area contributed by atoms with E-state index in [1.165, 1.54) is 11.8 Å². The Morgan fingerprint density at radius 2 is 2.04 bits per heavy atom. The molecule has 1 aliphatic rings. The Bertz CT molecular complexity index is 752. The van der Waals surface area contributed by atoms with Crippen LogP contribution in [0, 0.1) is 0 Å². The van der Waals surface area contributed by atoms with Crippen LogP contribution < -0.4 is 15.5 Å². The molecule has 1 heterocycles. The van der Waals surface area contributed by atoms with E-state index < -0.39 is 9.84 Å². The third-order valence-electron chi connectivity index (χ3n) is 4.12. The minimum atomic E-state index is -2.99. The van der Waals surface area contributed by atoms with E-state index in [4.69, 9.17) is 0 Å². The Hall–Kier alpha value is -1.36. The molecule has 0 bridgehead atoms. The molecule has 26 heavy (non-hydrogen) atoms. The van der Waals surface area contributed by atoms with Crippen molar-refractivity contribution in [3.05, 3.63) is 29.8 Å². The molecule has 1 atom stereocenters. The molecule has 2 rings (SSSR count). The minimum absolute atomic E-state index is 0. The van der Waals surface area contributed by atoms with Crippen LogP contribution in [0.4, 0.5) is 5.69 Å². The zero-order valence-electron chi connectivity index (χ0n) is 15.4. The Morgan fingerprint density at radius 1 is 1.35 bits per heavy atom. The van der Waals surface area contributed by atoms with E-state index in [-0.39, 0.29) is 48.2 Å². The number of para-hydroxylation sites is 1. The highest BCUT2D eigenvalue weighted by Crippen LogP contribution is 2.27. The van der Waals surface area contributed by atoms with Gasteiger partial charge in [-0.15, -0.1) is 24.0 Å². The highest BCUT2D eigenvalue weighted by molar-refractivity contribution is 14.0. The molecular formula is C17H27IN4O3S. The van der Waals surface area contributed by atoms with Gasteiger partial charge in [0.05, 0.1) is 12.3 Å². The lowest BCUT2D eigenvalue weighted by Crippen LogP contribution is -2.47. The number of halogens is 1. The van der Waals surface area contributed by atoms with E-state index in [9.17, 15) is 13.2 Å². The van der Waals surface area contributed by atoms with Crippen LogP contribution in [0.15, 0.2) is 29.3 Å². The second-order valence-corrected chi connectivity index (χ2v) is 8.57. The summed E-state index contributed by atoms with van der Waals surface area (Å²) in [6.07, 6.45) is 2.57. The Labute approximate surface area is 172 Å². The Morgan fingerprint density at radius 3 is 2.69 bits per heavy atom. The van der Waals surface area contributed by atoms with Gasteiger partial charge < -0.3 is 15.5 Å². The highest BCUT2D eigenvalue weighted by Gasteiger charge is 2.24. The first-order valence-electron chi connectivity index (χ1n) is 8.33. The first-order valence-corrected chi connectivity index (χ1v) is 10.4. The number of carbonyl (C=O) groups is 1. The summed E-state index contributed by atoms with van der Waals surface area (Å²) in [7, 11) is -1.37. The van der Waals surface area contributed by atoms with Crippen molar-refractivity contribution in [1.29, 1.82) is 0 Å². The maximum atomic E-state index is 12.5. The largest absolute Gasteiger partial charge is 0.354 e. The van der Waals surface area contributed by atoms with Gasteiger partial charge in [0.1, 0.15) is 9.84 Å². The summed E-state index contributed by atoms with van der Waals surface area (Å²) in [5.41, 5.74) is 2.16. The number of carbonyl (C=O) groups excluding carboxylic acids is 1. The number of hydrogen-bond acceptors (Lipinski definition) is 4. The van der Waals surface area contributed by atoms with Crippen molar-refractivity contribution >= 4 is 51.4 Å². The average molecular weight is 494 g/mol. The zero-order chi connectivity index (χ0) is 18.4. The van der Waals surface area contributed by atoms with E-state index in [1.807, 2.05) is 31.2 Å². The molecule has 0 aromatic heterocycles. The summed E-state index contributed by atoms with van der Waals surface area (Å²) >= 11 is 0. The molecule has 0 saturated carbocycles. The normalized spacial score (nSPS) is 15.0. The van der Waals surface area contributed by atoms with E-state index >= 15 is 0 Å². The summed E-state index contributed by atoms with van der Waals surface area (Å²) in [6.45, 7) is 2.71. The number of aliphatic imine (C=N–C) groups is 1. The Kier molecular flexibility index (Phi) is 8.81. The van der Waals surface area contributed by atoms with Crippen molar-refractivity contribution in [1.82, 2.24) is 10.6 Å². The molecule has 1 aromatic rings. The number of guanidine groups is 1. The van der Waals surface area contributed by atoms with Crippen LogP contribution in [0.25, 0.3) is 0 Å². The predicted octanol–water partition coefficient (Wildman–Crippen LogP) is 1.18. The molecule has 9 heteroatoms. The Balaban J connectivity index is 0.00000338. The van der Waals surface area contributed by atoms with E-state index in [0.29, 0.717) is 18.9 Å². The van der Waals surface area contributed by atoms with Crippen molar-refractivity contribution in [2.45, 2.75) is 25.8 Å². The zero-order valence-corrected chi connectivity index (χ0v) is 18.5. The van der Waals surface area contributed by atoms with Crippen LogP contribution in [0.5, 0.6) is 0 Å². The lowest BCUT2D eigenvalue weighted by atomic mass is 10.2. The van der Waals surface area contributed by atoms with Gasteiger partial charge in [0.2, 0.25) is 5.91 Å². The molecule has 0 saturated heterocycles. The highest BCUT2D eigenvalue weighted by atomic mass is 127. The summed E-state index contributed by atoms with van der Waals surface area (Å²) in [5.74, 6) is 0.584. The average Bonchev–Trinajstić information content (AvgIpc) is 3.00. The van der Waals surface area contributed by atoms with Crippen molar-refractivity contribution < 1.29 is 13.2 Å². The van der Waals surface area contributed by atoms with E-state index in [2.05, 4.69) is 15.6 Å². The number of fused-ring (bicyclic) bond motifs is 1. The molecule has 0 fully saturated rings. The monoisotopic (exact) mass is 494 g/mol. The molecule has 2 N–H and O–H groups in total. The fraction of sp³-hybridized carbons (Fsp3) is 0.529. The fourth-order valence-electron chi connectivity index (χ4n) is 2.74. The van der Waals surface area contributed by atoms with Crippen molar-refractivity contribution in [2.75, 3.05) is 37.0 Å². The van der Waals surface area contributed by atoms with Crippen LogP contribution in [0.3, 0.4) is 0 Å². The van der Waals surface area contributed by atoms with Gasteiger partial charge in [-0.05, 0) is 31.4 Å². The van der Waals surface area contributed by atoms with Gasteiger partial charge in [-0.25, -0.2) is 8.42 Å². The second kappa shape index (κ2) is 10.1. The number of hydrogen-bond donors (Lipinski definition) is 2. The molecule has 0 aliphatic carbocycles. The first-order chi connectivity index (χ1) is 11.8. The lowest BCUT2D eigenvalue weighted by molar-refractivity contribution is -0.117. The molecule has 146 valence electrons. The quantitative estimate of drug-likeness (QED) is 0.352. The third kappa shape index (κ3) is 6.75. The second-order valence-electron chi connectivity index (χ2n) is 6.31. The number of nitrogens with zero attached hydrogens (tertiary/aromatic N) is 2. The van der Waals surface area contributed by atoms with Gasteiger partial charge in [0.15, 0.2) is 5.96 Å². The van der Waals surface area contributed by atoms with Crippen LogP contribution in [-0.4, -0.2) is 58.5 Å². The van der Waals surface area contributed by atoms with Gasteiger partial charge in [0, 0.05) is 31.6 Å². The molecular weight excluding hydrogens is 467 g/mol. The topological polar surface area (TPSA) is 90.9 Å². The summed E-state index contributed by atoms with van der Waals surface area (Å²) in [6, 6.07) is 7.85. The maximum absolute atomic E-state index is 12.5. The van der Waals surface area contributed by atoms with Gasteiger partial charge >= 0.3 is 0 Å². The molecule has 1 amide bonds. The maximum Gasteiger partial charge on any atom is 0.246 e. The summed E-state index contributed by atoms with van der Waals surface area (Å²) in [4.78, 5) is 18.3. The molecule has 1 unspecified atom stereocenters. The molecule has 1 aromatic carbocycles. The number of nitrogens with one attached hydrogen (secondary N) is 2. The number of sulfone groups is 1. The summed E-state index contributed by atoms with van der Waals surface area (Å²) in [5, 5.41) is 6.11. The number of benzene rings is 1. The summed E-state index contributed by atoms with van der Waals surface area (Å²) < 4.78 is 22.5. The van der Waals surface area contributed by atoms with Crippen molar-refractivity contribution in [3.63, 3.8) is 0 Å². The SMILES string of the molecule is CN=C(NCC(=O)N1CCc2ccccc21)NC(C)CCS(C)(=O)=O.I. The third-order valence-corrected chi connectivity index (χ3v) is 5.10. The predicted molar refractivity (Wildman–Crippen MR) is 116 cm³/mol. The fourth-order valence-corrected chi connectivity index (χ4v) is 3.52. The van der Waals surface area contributed by atoms with Crippen LogP contribution in [-0.2, 0) is 21.1 Å². The van der Waals surface area contributed by atoms with Gasteiger partial charge in [-0.1, -0.05) is 18.2 Å². The van der Waals surface area contributed by atoms with Crippen LogP contribution in [0.2, 0.25) is 0 Å². The van der Waals surface area contributed by atoms with E-state index in [0.717, 1.165) is 12.1 Å². The number of rotatable bonds is 6. The minimum Gasteiger partial charge on any atom is -0.354 e. The van der Waals surface area contributed by atoms with Crippen molar-refractivity contribution in [2.24, 2.45) is 4.99 Å². The van der Waals surface area contributed by atoms with Gasteiger partial charge in [-0.3, -0.25) is 9.79 Å². The lowest BCUT2D eigenvalue weighted by Gasteiger charge is -2.20. The molecule has 0 radical (unpaired) electrons. The van der Waals surface area contributed by atoms with Crippen LogP contribution in [0.1, 0.15) is 18.9 Å². The van der Waals surface area contributed by atoms with Crippen LogP contribution >= 0.6 is 24.0 Å². The smallest absolute Gasteiger partial charge is 0.246 e.